The van der Waals surface area contributed by atoms with Crippen LogP contribution in [0.4, 0.5) is 5.82 Å². The minimum atomic E-state index is -1.12. The molecular formula is C11H11N3O4S. The Morgan fingerprint density at radius 2 is 2.32 bits per heavy atom. The minimum absolute atomic E-state index is 0.109. The van der Waals surface area contributed by atoms with Crippen LogP contribution in [0, 0.1) is 6.92 Å². The highest BCUT2D eigenvalue weighted by molar-refractivity contribution is 7.98. The van der Waals surface area contributed by atoms with E-state index in [2.05, 4.69) is 9.97 Å². The monoisotopic (exact) mass is 281 g/mol. The molecule has 0 saturated heterocycles. The zero-order valence-electron chi connectivity index (χ0n) is 9.97. The number of carboxylic acid groups (broad SMARTS) is 1. The van der Waals surface area contributed by atoms with E-state index in [1.54, 1.807) is 6.92 Å². The number of aromatic carboxylic acids is 1. The Labute approximate surface area is 111 Å². The SMILES string of the molecule is Cc1oc(C(=O)O)cc1CSc1nc(N)cc(=O)[nH]1. The van der Waals surface area contributed by atoms with Crippen molar-refractivity contribution < 1.29 is 14.3 Å². The van der Waals surface area contributed by atoms with Gasteiger partial charge >= 0.3 is 5.97 Å². The average molecular weight is 281 g/mol. The van der Waals surface area contributed by atoms with Gasteiger partial charge in [-0.25, -0.2) is 9.78 Å². The van der Waals surface area contributed by atoms with Gasteiger partial charge in [0, 0.05) is 17.4 Å². The number of aryl methyl sites for hydroxylation is 1. The number of hydrogen-bond acceptors (Lipinski definition) is 6. The Morgan fingerprint density at radius 1 is 1.58 bits per heavy atom. The average Bonchev–Trinajstić information content (AvgIpc) is 2.67. The van der Waals surface area contributed by atoms with Crippen molar-refractivity contribution in [3.8, 4) is 0 Å². The molecule has 0 aliphatic heterocycles. The largest absolute Gasteiger partial charge is 0.475 e. The molecule has 2 rings (SSSR count). The molecule has 0 radical (unpaired) electrons. The molecule has 2 aromatic heterocycles. The number of H-pyrrole nitrogens is 1. The fraction of sp³-hybridized carbons (Fsp3) is 0.182. The number of carboxylic acids is 1. The van der Waals surface area contributed by atoms with Gasteiger partial charge in [0.05, 0.1) is 0 Å². The standard InChI is InChI=1S/C11H11N3O4S/c1-5-6(2-7(18-5)10(16)17)4-19-11-13-8(12)3-9(15)14-11/h2-3H,4H2,1H3,(H,16,17)(H3,12,13,14,15). The Kier molecular flexibility index (Phi) is 3.61. The minimum Gasteiger partial charge on any atom is -0.475 e. The van der Waals surface area contributed by atoms with Crippen molar-refractivity contribution in [3.05, 3.63) is 39.6 Å². The number of aromatic amines is 1. The lowest BCUT2D eigenvalue weighted by atomic mass is 10.3. The fourth-order valence-corrected chi connectivity index (χ4v) is 2.36. The highest BCUT2D eigenvalue weighted by Crippen LogP contribution is 2.23. The van der Waals surface area contributed by atoms with E-state index in [9.17, 15) is 9.59 Å². The van der Waals surface area contributed by atoms with Gasteiger partial charge < -0.3 is 20.2 Å². The summed E-state index contributed by atoms with van der Waals surface area (Å²) in [5.41, 5.74) is 5.86. The van der Waals surface area contributed by atoms with Gasteiger partial charge in [-0.05, 0) is 13.0 Å². The molecule has 8 heteroatoms. The topological polar surface area (TPSA) is 122 Å². The van der Waals surface area contributed by atoms with Crippen LogP contribution in [-0.4, -0.2) is 21.0 Å². The van der Waals surface area contributed by atoms with Gasteiger partial charge in [0.25, 0.3) is 5.56 Å². The fourth-order valence-electron chi connectivity index (χ4n) is 1.44. The van der Waals surface area contributed by atoms with Crippen molar-refractivity contribution in [2.24, 2.45) is 0 Å². The van der Waals surface area contributed by atoms with Gasteiger partial charge in [0.15, 0.2) is 5.16 Å². The Hall–Kier alpha value is -2.22. The molecule has 7 nitrogen and oxygen atoms in total. The number of nitrogens with zero attached hydrogens (tertiary/aromatic N) is 1. The van der Waals surface area contributed by atoms with E-state index in [0.717, 1.165) is 5.56 Å². The van der Waals surface area contributed by atoms with Crippen LogP contribution in [0.15, 0.2) is 26.5 Å². The van der Waals surface area contributed by atoms with Gasteiger partial charge in [-0.3, -0.25) is 4.79 Å². The van der Waals surface area contributed by atoms with Gasteiger partial charge in [0.1, 0.15) is 11.6 Å². The normalized spacial score (nSPS) is 10.6. The second-order valence-electron chi connectivity index (χ2n) is 3.76. The Balaban J connectivity index is 2.14. The second kappa shape index (κ2) is 5.19. The summed E-state index contributed by atoms with van der Waals surface area (Å²) in [6.45, 7) is 1.68. The van der Waals surface area contributed by atoms with Crippen molar-refractivity contribution in [2.45, 2.75) is 17.8 Å². The number of hydrogen-bond donors (Lipinski definition) is 3. The van der Waals surface area contributed by atoms with E-state index in [-0.39, 0.29) is 17.1 Å². The first-order valence-electron chi connectivity index (χ1n) is 5.28. The van der Waals surface area contributed by atoms with E-state index < -0.39 is 5.97 Å². The third-order valence-corrected chi connectivity index (χ3v) is 3.26. The molecule has 0 aliphatic rings. The van der Waals surface area contributed by atoms with Gasteiger partial charge in [-0.15, -0.1) is 0 Å². The summed E-state index contributed by atoms with van der Waals surface area (Å²) in [5, 5.41) is 9.18. The highest BCUT2D eigenvalue weighted by atomic mass is 32.2. The molecule has 0 aromatic carbocycles. The maximum absolute atomic E-state index is 11.2. The third kappa shape index (κ3) is 3.16. The lowest BCUT2D eigenvalue weighted by Gasteiger charge is -2.00. The lowest BCUT2D eigenvalue weighted by Crippen LogP contribution is -2.09. The van der Waals surface area contributed by atoms with Crippen LogP contribution in [0.2, 0.25) is 0 Å². The predicted octanol–water partition coefficient (Wildman–Crippen LogP) is 1.24. The summed E-state index contributed by atoms with van der Waals surface area (Å²) >= 11 is 1.24. The van der Waals surface area contributed by atoms with E-state index in [4.69, 9.17) is 15.3 Å². The van der Waals surface area contributed by atoms with Crippen LogP contribution < -0.4 is 11.3 Å². The summed E-state index contributed by atoms with van der Waals surface area (Å²) in [4.78, 5) is 28.4. The molecule has 0 amide bonds. The zero-order valence-corrected chi connectivity index (χ0v) is 10.8. The number of furan rings is 1. The molecule has 0 spiro atoms. The van der Waals surface area contributed by atoms with Crippen molar-refractivity contribution >= 4 is 23.5 Å². The summed E-state index contributed by atoms with van der Waals surface area (Å²) in [5.74, 6) is -0.135. The second-order valence-corrected chi connectivity index (χ2v) is 4.73. The Bertz CT molecular complexity index is 677. The molecule has 2 aromatic rings. The maximum atomic E-state index is 11.2. The van der Waals surface area contributed by atoms with Crippen LogP contribution in [0.1, 0.15) is 21.9 Å². The van der Waals surface area contributed by atoms with Crippen LogP contribution in [0.5, 0.6) is 0 Å². The van der Waals surface area contributed by atoms with Crippen LogP contribution in [0.25, 0.3) is 0 Å². The van der Waals surface area contributed by atoms with Crippen molar-refractivity contribution in [3.63, 3.8) is 0 Å². The zero-order chi connectivity index (χ0) is 14.0. The predicted molar refractivity (Wildman–Crippen MR) is 69.2 cm³/mol. The molecule has 0 bridgehead atoms. The highest BCUT2D eigenvalue weighted by Gasteiger charge is 2.13. The molecule has 0 atom stereocenters. The molecule has 0 fully saturated rings. The van der Waals surface area contributed by atoms with Crippen molar-refractivity contribution in [2.75, 3.05) is 5.73 Å². The number of thioether (sulfide) groups is 1. The number of nitrogens with two attached hydrogens (primary N) is 1. The smallest absolute Gasteiger partial charge is 0.371 e. The Morgan fingerprint density at radius 3 is 2.89 bits per heavy atom. The number of anilines is 1. The van der Waals surface area contributed by atoms with Gasteiger partial charge in [0.2, 0.25) is 5.76 Å². The molecule has 4 N–H and O–H groups in total. The first-order valence-corrected chi connectivity index (χ1v) is 6.26. The summed E-state index contributed by atoms with van der Waals surface area (Å²) in [7, 11) is 0. The first-order chi connectivity index (χ1) is 8.95. The molecule has 19 heavy (non-hydrogen) atoms. The maximum Gasteiger partial charge on any atom is 0.371 e. The molecule has 100 valence electrons. The van der Waals surface area contributed by atoms with E-state index in [1.165, 1.54) is 23.9 Å². The summed E-state index contributed by atoms with van der Waals surface area (Å²) < 4.78 is 5.08. The third-order valence-electron chi connectivity index (χ3n) is 2.34. The first kappa shape index (κ1) is 13.2. The molecular weight excluding hydrogens is 270 g/mol. The van der Waals surface area contributed by atoms with Crippen LogP contribution in [0.3, 0.4) is 0 Å². The number of nitrogen functional groups attached to an aromatic ring is 1. The number of aromatic nitrogens is 2. The quantitative estimate of drug-likeness (QED) is 0.569. The van der Waals surface area contributed by atoms with Crippen molar-refractivity contribution in [1.82, 2.24) is 9.97 Å². The molecule has 0 saturated carbocycles. The van der Waals surface area contributed by atoms with Gasteiger partial charge in [-0.2, -0.15) is 0 Å². The van der Waals surface area contributed by atoms with E-state index >= 15 is 0 Å². The van der Waals surface area contributed by atoms with E-state index in [0.29, 0.717) is 16.7 Å². The van der Waals surface area contributed by atoms with Crippen LogP contribution in [-0.2, 0) is 5.75 Å². The summed E-state index contributed by atoms with van der Waals surface area (Å²) in [6, 6.07) is 2.64. The molecule has 0 unspecified atom stereocenters. The summed E-state index contributed by atoms with van der Waals surface area (Å²) in [6.07, 6.45) is 0. The van der Waals surface area contributed by atoms with E-state index in [1.807, 2.05) is 0 Å². The molecule has 0 aliphatic carbocycles. The lowest BCUT2D eigenvalue weighted by molar-refractivity contribution is 0.0661. The number of nitrogens with one attached hydrogen (secondary N) is 1. The number of rotatable bonds is 4. The van der Waals surface area contributed by atoms with Crippen molar-refractivity contribution in [1.29, 1.82) is 0 Å². The van der Waals surface area contributed by atoms with Gasteiger partial charge in [-0.1, -0.05) is 11.8 Å². The van der Waals surface area contributed by atoms with Crippen LogP contribution >= 0.6 is 11.8 Å². The molecule has 2 heterocycles. The number of carbonyl (C=O) groups is 1.